The number of aliphatic hydroxyl groups is 1. The van der Waals surface area contributed by atoms with Crippen LogP contribution in [0.1, 0.15) is 38.2 Å². The number of benzene rings is 2. The number of pyridine rings is 1. The molecule has 182 valence electrons. The van der Waals surface area contributed by atoms with Gasteiger partial charge in [0.15, 0.2) is 5.43 Å². The van der Waals surface area contributed by atoms with E-state index in [2.05, 4.69) is 10.6 Å². The Morgan fingerprint density at radius 2 is 1.89 bits per heavy atom. The summed E-state index contributed by atoms with van der Waals surface area (Å²) >= 11 is 6.24. The van der Waals surface area contributed by atoms with Crippen LogP contribution in [0, 0.1) is 23.7 Å². The van der Waals surface area contributed by atoms with Crippen LogP contribution >= 0.6 is 11.6 Å². The predicted octanol–water partition coefficient (Wildman–Crippen LogP) is 4.63. The standard InChI is InChI=1S/C28H30ClN3O3/c1-28(35)12-16-9-21-22(10-16)25(23(21)13-28)31-27(34)30-14-17-15-32(19-5-3-2-4-6-19)24-11-18(29)7-8-20(24)26(17)33/h2-8,11,15-16,21-23,25,35H,9-10,12-14H2,1H3,(H2,30,31,34). The smallest absolute Gasteiger partial charge is 0.315 e. The van der Waals surface area contributed by atoms with E-state index < -0.39 is 5.60 Å². The summed E-state index contributed by atoms with van der Waals surface area (Å²) in [6.45, 7) is 2.06. The summed E-state index contributed by atoms with van der Waals surface area (Å²) in [5, 5.41) is 18.0. The fourth-order valence-electron chi connectivity index (χ4n) is 7.09. The third-order valence-corrected chi connectivity index (χ3v) is 8.68. The topological polar surface area (TPSA) is 83.4 Å². The van der Waals surface area contributed by atoms with E-state index in [1.807, 2.05) is 41.8 Å². The second-order valence-corrected chi connectivity index (χ2v) is 11.4. The Kier molecular flexibility index (Phi) is 5.42. The highest BCUT2D eigenvalue weighted by Crippen LogP contribution is 2.60. The lowest BCUT2D eigenvalue weighted by Gasteiger charge is -2.51. The summed E-state index contributed by atoms with van der Waals surface area (Å²) in [6.07, 6.45) is 5.65. The minimum atomic E-state index is -0.650. The summed E-state index contributed by atoms with van der Waals surface area (Å²) in [5.74, 6) is 2.01. The molecule has 1 heterocycles. The molecule has 1 aromatic heterocycles. The zero-order valence-electron chi connectivity index (χ0n) is 19.7. The number of carbonyl (C=O) groups is 1. The third kappa shape index (κ3) is 4.03. The highest BCUT2D eigenvalue weighted by atomic mass is 35.5. The van der Waals surface area contributed by atoms with Gasteiger partial charge in [0.05, 0.1) is 11.1 Å². The highest BCUT2D eigenvalue weighted by molar-refractivity contribution is 6.31. The van der Waals surface area contributed by atoms with Gasteiger partial charge >= 0.3 is 6.03 Å². The number of para-hydroxylation sites is 1. The third-order valence-electron chi connectivity index (χ3n) is 8.45. The Bertz CT molecular complexity index is 1350. The number of hydrogen-bond acceptors (Lipinski definition) is 3. The van der Waals surface area contributed by atoms with Crippen LogP contribution in [0.15, 0.2) is 59.5 Å². The number of fused-ring (bicyclic) bond motifs is 2. The van der Waals surface area contributed by atoms with Gasteiger partial charge in [-0.25, -0.2) is 4.79 Å². The van der Waals surface area contributed by atoms with Gasteiger partial charge in [-0.2, -0.15) is 0 Å². The summed E-state index contributed by atoms with van der Waals surface area (Å²) in [5.41, 5.74) is 1.37. The van der Waals surface area contributed by atoms with Crippen molar-refractivity contribution in [1.29, 1.82) is 0 Å². The first kappa shape index (κ1) is 22.6. The average molecular weight is 492 g/mol. The Hall–Kier alpha value is -2.83. The molecule has 0 saturated heterocycles. The van der Waals surface area contributed by atoms with Gasteiger partial charge in [0.1, 0.15) is 0 Å². The molecular formula is C28H30ClN3O3. The van der Waals surface area contributed by atoms with Gasteiger partial charge < -0.3 is 20.3 Å². The van der Waals surface area contributed by atoms with Crippen molar-refractivity contribution in [3.05, 3.63) is 75.5 Å². The van der Waals surface area contributed by atoms with Crippen LogP contribution in [0.2, 0.25) is 5.02 Å². The number of aromatic nitrogens is 1. The summed E-state index contributed by atoms with van der Waals surface area (Å²) in [4.78, 5) is 26.1. The predicted molar refractivity (Wildman–Crippen MR) is 137 cm³/mol. The van der Waals surface area contributed by atoms with Crippen LogP contribution in [-0.2, 0) is 6.54 Å². The van der Waals surface area contributed by atoms with Crippen LogP contribution < -0.4 is 16.1 Å². The molecule has 3 aromatic rings. The second-order valence-electron chi connectivity index (χ2n) is 10.9. The van der Waals surface area contributed by atoms with Gasteiger partial charge in [-0.3, -0.25) is 4.79 Å². The molecule has 0 spiro atoms. The van der Waals surface area contributed by atoms with E-state index in [4.69, 9.17) is 11.6 Å². The molecule has 2 bridgehead atoms. The number of nitrogens with one attached hydrogen (secondary N) is 2. The van der Waals surface area contributed by atoms with Crippen molar-refractivity contribution in [2.75, 3.05) is 0 Å². The lowest BCUT2D eigenvalue weighted by atomic mass is 9.59. The molecule has 0 aliphatic heterocycles. The van der Waals surface area contributed by atoms with Crippen molar-refractivity contribution < 1.29 is 9.90 Å². The van der Waals surface area contributed by atoms with Crippen LogP contribution in [0.5, 0.6) is 0 Å². The van der Waals surface area contributed by atoms with Gasteiger partial charge in [-0.1, -0.05) is 29.8 Å². The molecule has 2 amide bonds. The van der Waals surface area contributed by atoms with E-state index in [-0.39, 0.29) is 24.0 Å². The summed E-state index contributed by atoms with van der Waals surface area (Å²) in [6, 6.07) is 14.8. The van der Waals surface area contributed by atoms with Crippen molar-refractivity contribution in [2.24, 2.45) is 23.7 Å². The molecule has 35 heavy (non-hydrogen) atoms. The molecule has 6 nitrogen and oxygen atoms in total. The fraction of sp³-hybridized carbons (Fsp3) is 0.429. The van der Waals surface area contributed by atoms with E-state index in [0.29, 0.717) is 39.6 Å². The Morgan fingerprint density at radius 1 is 1.11 bits per heavy atom. The molecule has 3 N–H and O–H groups in total. The fourth-order valence-corrected chi connectivity index (χ4v) is 7.26. The van der Waals surface area contributed by atoms with Crippen molar-refractivity contribution in [3.63, 3.8) is 0 Å². The second kappa shape index (κ2) is 8.38. The normalized spacial score (nSPS) is 31.0. The first-order valence-corrected chi connectivity index (χ1v) is 12.8. The number of amides is 2. The Balaban J connectivity index is 1.22. The molecule has 3 fully saturated rings. The SMILES string of the molecule is CC1(O)CC2CC3C(C2)C(NC(=O)NCc2cn(-c4ccccc4)c4cc(Cl)ccc4c2=O)C3C1. The summed E-state index contributed by atoms with van der Waals surface area (Å²) < 4.78 is 1.94. The van der Waals surface area contributed by atoms with Crippen molar-refractivity contribution in [1.82, 2.24) is 15.2 Å². The van der Waals surface area contributed by atoms with Crippen molar-refractivity contribution in [2.45, 2.75) is 50.8 Å². The molecule has 6 unspecified atom stereocenters. The molecule has 6 atom stereocenters. The van der Waals surface area contributed by atoms with E-state index >= 15 is 0 Å². The Morgan fingerprint density at radius 3 is 2.69 bits per heavy atom. The molecule has 3 aliphatic rings. The first-order valence-electron chi connectivity index (χ1n) is 12.4. The molecule has 6 rings (SSSR count). The van der Waals surface area contributed by atoms with Crippen molar-refractivity contribution in [3.8, 4) is 5.69 Å². The number of carbonyl (C=O) groups excluding carboxylic acids is 1. The van der Waals surface area contributed by atoms with Gasteiger partial charge in [-0.05, 0) is 86.6 Å². The average Bonchev–Trinajstić information content (AvgIpc) is 3.13. The van der Waals surface area contributed by atoms with Gasteiger partial charge in [0.2, 0.25) is 0 Å². The number of hydrogen-bond donors (Lipinski definition) is 3. The zero-order valence-corrected chi connectivity index (χ0v) is 20.5. The van der Waals surface area contributed by atoms with Crippen LogP contribution in [0.25, 0.3) is 16.6 Å². The largest absolute Gasteiger partial charge is 0.390 e. The molecule has 3 saturated carbocycles. The van der Waals surface area contributed by atoms with Gasteiger partial charge in [0.25, 0.3) is 0 Å². The highest BCUT2D eigenvalue weighted by Gasteiger charge is 2.59. The van der Waals surface area contributed by atoms with Gasteiger partial charge in [-0.15, -0.1) is 0 Å². The van der Waals surface area contributed by atoms with Crippen LogP contribution in [0.4, 0.5) is 4.79 Å². The minimum Gasteiger partial charge on any atom is -0.390 e. The first-order chi connectivity index (χ1) is 16.8. The van der Waals surface area contributed by atoms with E-state index in [1.54, 1.807) is 24.4 Å². The number of nitrogens with zero attached hydrogens (tertiary/aromatic N) is 1. The minimum absolute atomic E-state index is 0.0940. The van der Waals surface area contributed by atoms with Crippen molar-refractivity contribution >= 4 is 28.5 Å². The molecule has 7 heteroatoms. The maximum atomic E-state index is 13.2. The van der Waals surface area contributed by atoms with E-state index in [0.717, 1.165) is 30.5 Å². The lowest BCUT2D eigenvalue weighted by molar-refractivity contribution is -0.0477. The quantitative estimate of drug-likeness (QED) is 0.497. The number of halogens is 1. The maximum Gasteiger partial charge on any atom is 0.315 e. The van der Waals surface area contributed by atoms with E-state index in [1.165, 1.54) is 6.42 Å². The van der Waals surface area contributed by atoms with Crippen LogP contribution in [-0.4, -0.2) is 27.3 Å². The maximum absolute atomic E-state index is 13.2. The Labute approximate surface area is 209 Å². The molecule has 3 aliphatic carbocycles. The number of urea groups is 1. The summed E-state index contributed by atoms with van der Waals surface area (Å²) in [7, 11) is 0. The van der Waals surface area contributed by atoms with E-state index in [9.17, 15) is 14.7 Å². The number of rotatable bonds is 4. The molecule has 0 radical (unpaired) electrons. The molecule has 2 aromatic carbocycles. The monoisotopic (exact) mass is 491 g/mol. The molecular weight excluding hydrogens is 462 g/mol. The van der Waals surface area contributed by atoms with Crippen LogP contribution in [0.3, 0.4) is 0 Å². The zero-order chi connectivity index (χ0) is 24.3. The van der Waals surface area contributed by atoms with Gasteiger partial charge in [0, 0.05) is 40.4 Å². The lowest BCUT2D eigenvalue weighted by Crippen LogP contribution is -2.61.